The van der Waals surface area contributed by atoms with Crippen LogP contribution in [-0.2, 0) is 12.7 Å². The maximum absolute atomic E-state index is 13.9. The number of anilines is 1. The Morgan fingerprint density at radius 2 is 1.58 bits per heavy atom. The molecule has 0 aliphatic rings. The van der Waals surface area contributed by atoms with Gasteiger partial charge < -0.3 is 15.0 Å². The number of carbonyl (C=O) groups excluding carboxylic acids is 1. The number of benzene rings is 4. The SMILES string of the molecule is CCOc1ccc(-n2c(C(C)N(Cc3ccccc3)C(=O)Nc3ccc(C(F)(F)F)cc3)nc3ccccc3c2=O)cc1. The van der Waals surface area contributed by atoms with Crippen LogP contribution >= 0.6 is 0 Å². The van der Waals surface area contributed by atoms with Crippen LogP contribution in [-0.4, -0.2) is 27.1 Å². The Bertz CT molecular complexity index is 1770. The van der Waals surface area contributed by atoms with E-state index in [1.54, 1.807) is 55.5 Å². The summed E-state index contributed by atoms with van der Waals surface area (Å²) in [5, 5.41) is 3.13. The maximum Gasteiger partial charge on any atom is 0.416 e. The molecule has 1 N–H and O–H groups in total. The van der Waals surface area contributed by atoms with Crippen LogP contribution in [0.1, 0.15) is 36.8 Å². The molecule has 0 spiro atoms. The molecule has 1 heterocycles. The van der Waals surface area contributed by atoms with Gasteiger partial charge in [-0.15, -0.1) is 0 Å². The smallest absolute Gasteiger partial charge is 0.416 e. The van der Waals surface area contributed by atoms with Gasteiger partial charge in [0, 0.05) is 12.2 Å². The van der Waals surface area contributed by atoms with E-state index < -0.39 is 23.8 Å². The van der Waals surface area contributed by atoms with E-state index >= 15 is 0 Å². The molecule has 0 radical (unpaired) electrons. The first-order valence-corrected chi connectivity index (χ1v) is 13.7. The van der Waals surface area contributed by atoms with Crippen molar-refractivity contribution in [1.82, 2.24) is 14.5 Å². The number of nitrogens with one attached hydrogen (secondary N) is 1. The summed E-state index contributed by atoms with van der Waals surface area (Å²) in [6.07, 6.45) is -4.50. The number of aromatic nitrogens is 2. The van der Waals surface area contributed by atoms with E-state index in [4.69, 9.17) is 9.72 Å². The molecule has 5 aromatic rings. The van der Waals surface area contributed by atoms with Crippen LogP contribution in [0, 0.1) is 0 Å². The Balaban J connectivity index is 1.59. The van der Waals surface area contributed by atoms with Crippen LogP contribution in [0.25, 0.3) is 16.6 Å². The van der Waals surface area contributed by atoms with Gasteiger partial charge in [0.25, 0.3) is 5.56 Å². The number of nitrogens with zero attached hydrogens (tertiary/aromatic N) is 3. The zero-order chi connectivity index (χ0) is 30.6. The first-order chi connectivity index (χ1) is 20.7. The van der Waals surface area contributed by atoms with Crippen molar-refractivity contribution in [3.8, 4) is 11.4 Å². The number of rotatable bonds is 8. The maximum atomic E-state index is 13.9. The molecule has 43 heavy (non-hydrogen) atoms. The largest absolute Gasteiger partial charge is 0.494 e. The van der Waals surface area contributed by atoms with Crippen LogP contribution in [0.5, 0.6) is 5.75 Å². The summed E-state index contributed by atoms with van der Waals surface area (Å²) in [5.74, 6) is 0.954. The van der Waals surface area contributed by atoms with Gasteiger partial charge in [-0.3, -0.25) is 9.36 Å². The van der Waals surface area contributed by atoms with Crippen LogP contribution in [0.2, 0.25) is 0 Å². The Morgan fingerprint density at radius 3 is 2.23 bits per heavy atom. The molecule has 0 bridgehead atoms. The van der Waals surface area contributed by atoms with E-state index in [1.807, 2.05) is 37.3 Å². The Morgan fingerprint density at radius 1 is 0.930 bits per heavy atom. The molecule has 5 rings (SSSR count). The van der Waals surface area contributed by atoms with Gasteiger partial charge in [0.2, 0.25) is 0 Å². The lowest BCUT2D eigenvalue weighted by Crippen LogP contribution is -2.39. The molecule has 2 amide bonds. The molecule has 1 aromatic heterocycles. The highest BCUT2D eigenvalue weighted by Gasteiger charge is 2.31. The predicted octanol–water partition coefficient (Wildman–Crippen LogP) is 7.60. The van der Waals surface area contributed by atoms with E-state index in [9.17, 15) is 22.8 Å². The molecule has 0 saturated carbocycles. The van der Waals surface area contributed by atoms with Gasteiger partial charge in [-0.25, -0.2) is 9.78 Å². The van der Waals surface area contributed by atoms with Gasteiger partial charge in [-0.1, -0.05) is 42.5 Å². The minimum absolute atomic E-state index is 0.139. The molecule has 7 nitrogen and oxygen atoms in total. The van der Waals surface area contributed by atoms with E-state index in [-0.39, 0.29) is 17.8 Å². The molecule has 1 atom stereocenters. The van der Waals surface area contributed by atoms with Gasteiger partial charge in [0.15, 0.2) is 0 Å². The summed E-state index contributed by atoms with van der Waals surface area (Å²) in [6.45, 7) is 4.27. The zero-order valence-electron chi connectivity index (χ0n) is 23.5. The lowest BCUT2D eigenvalue weighted by molar-refractivity contribution is -0.137. The molecule has 0 saturated heterocycles. The fourth-order valence-corrected chi connectivity index (χ4v) is 4.78. The molecule has 0 fully saturated rings. The third-order valence-electron chi connectivity index (χ3n) is 6.97. The lowest BCUT2D eigenvalue weighted by Gasteiger charge is -2.31. The number of hydrogen-bond donors (Lipinski definition) is 1. The molecule has 1 unspecified atom stereocenters. The van der Waals surface area contributed by atoms with Gasteiger partial charge in [-0.05, 0) is 80.1 Å². The Hall–Kier alpha value is -5.12. The third-order valence-corrected chi connectivity index (χ3v) is 6.97. The second-order valence-corrected chi connectivity index (χ2v) is 9.85. The van der Waals surface area contributed by atoms with Crippen molar-refractivity contribution in [2.75, 3.05) is 11.9 Å². The Labute approximate surface area is 246 Å². The fraction of sp³-hybridized carbons (Fsp3) is 0.182. The van der Waals surface area contributed by atoms with E-state index in [1.165, 1.54) is 21.6 Å². The number of hydrogen-bond acceptors (Lipinski definition) is 4. The Kier molecular flexibility index (Phi) is 8.47. The number of urea groups is 1. The standard InChI is InChI=1S/C33H29F3N4O3/c1-3-43-27-19-17-26(18-20-27)40-30(38-29-12-8-7-11-28(29)31(40)41)22(2)39(21-23-9-5-4-6-10-23)32(42)37-25-15-13-24(14-16-25)33(34,35)36/h4-20,22H,3,21H2,1-2H3,(H,37,42). The van der Waals surface area contributed by atoms with Crippen molar-refractivity contribution in [1.29, 1.82) is 0 Å². The minimum Gasteiger partial charge on any atom is -0.494 e. The number of ether oxygens (including phenoxy) is 1. The van der Waals surface area contributed by atoms with E-state index in [0.717, 1.165) is 17.7 Å². The molecule has 10 heteroatoms. The predicted molar refractivity (Wildman–Crippen MR) is 159 cm³/mol. The topological polar surface area (TPSA) is 76.5 Å². The quantitative estimate of drug-likeness (QED) is 0.203. The summed E-state index contributed by atoms with van der Waals surface area (Å²) in [5.41, 5.74) is 0.890. The van der Waals surface area contributed by atoms with Gasteiger partial charge in [-0.2, -0.15) is 13.2 Å². The van der Waals surface area contributed by atoms with Crippen LogP contribution < -0.4 is 15.6 Å². The fourth-order valence-electron chi connectivity index (χ4n) is 4.78. The van der Waals surface area contributed by atoms with Crippen LogP contribution in [0.4, 0.5) is 23.7 Å². The first kappa shape index (κ1) is 29.4. The van der Waals surface area contributed by atoms with Crippen molar-refractivity contribution in [3.05, 3.63) is 130 Å². The summed E-state index contributed by atoms with van der Waals surface area (Å²) >= 11 is 0. The van der Waals surface area contributed by atoms with Crippen molar-refractivity contribution in [2.45, 2.75) is 32.6 Å². The number of alkyl halides is 3. The number of fused-ring (bicyclic) bond motifs is 1. The highest BCUT2D eigenvalue weighted by molar-refractivity contribution is 5.89. The van der Waals surface area contributed by atoms with E-state index in [2.05, 4.69) is 5.32 Å². The average Bonchev–Trinajstić information content (AvgIpc) is 3.00. The number of amides is 2. The third kappa shape index (κ3) is 6.53. The van der Waals surface area contributed by atoms with Crippen molar-refractivity contribution >= 4 is 22.6 Å². The van der Waals surface area contributed by atoms with Crippen molar-refractivity contribution in [2.24, 2.45) is 0 Å². The van der Waals surface area contributed by atoms with Crippen LogP contribution in [0.3, 0.4) is 0 Å². The first-order valence-electron chi connectivity index (χ1n) is 13.7. The van der Waals surface area contributed by atoms with Gasteiger partial charge in [0.1, 0.15) is 11.6 Å². The van der Waals surface area contributed by atoms with Crippen molar-refractivity contribution in [3.63, 3.8) is 0 Å². The molecular weight excluding hydrogens is 557 g/mol. The van der Waals surface area contributed by atoms with Gasteiger partial charge >= 0.3 is 12.2 Å². The average molecular weight is 587 g/mol. The number of carbonyl (C=O) groups is 1. The minimum atomic E-state index is -4.50. The normalized spacial score (nSPS) is 12.1. The number of para-hydroxylation sites is 1. The molecule has 220 valence electrons. The molecule has 0 aliphatic carbocycles. The van der Waals surface area contributed by atoms with Crippen molar-refractivity contribution < 1.29 is 22.7 Å². The second-order valence-electron chi connectivity index (χ2n) is 9.85. The summed E-state index contributed by atoms with van der Waals surface area (Å²) in [6, 6.07) is 26.2. The summed E-state index contributed by atoms with van der Waals surface area (Å²) in [7, 11) is 0. The molecular formula is C33H29F3N4O3. The lowest BCUT2D eigenvalue weighted by atomic mass is 10.1. The summed E-state index contributed by atoms with van der Waals surface area (Å²) in [4.78, 5) is 34.0. The van der Waals surface area contributed by atoms with E-state index in [0.29, 0.717) is 34.8 Å². The van der Waals surface area contributed by atoms with Crippen LogP contribution in [0.15, 0.2) is 108 Å². The highest BCUT2D eigenvalue weighted by atomic mass is 19.4. The number of halogens is 3. The summed E-state index contributed by atoms with van der Waals surface area (Å²) < 4.78 is 46.3. The second kappa shape index (κ2) is 12.4. The zero-order valence-corrected chi connectivity index (χ0v) is 23.5. The molecule has 0 aliphatic heterocycles. The highest BCUT2D eigenvalue weighted by Crippen LogP contribution is 2.31. The monoisotopic (exact) mass is 586 g/mol. The molecule has 4 aromatic carbocycles. The van der Waals surface area contributed by atoms with Gasteiger partial charge in [0.05, 0.1) is 34.8 Å².